The van der Waals surface area contributed by atoms with Gasteiger partial charge in [0.1, 0.15) is 11.9 Å². The van der Waals surface area contributed by atoms with Gasteiger partial charge in [-0.15, -0.1) is 0 Å². The van der Waals surface area contributed by atoms with Crippen molar-refractivity contribution in [2.24, 2.45) is 5.11 Å². The van der Waals surface area contributed by atoms with Gasteiger partial charge in [0.15, 0.2) is 0 Å². The van der Waals surface area contributed by atoms with E-state index in [1.807, 2.05) is 6.07 Å². The van der Waals surface area contributed by atoms with Gasteiger partial charge in [-0.05, 0) is 29.2 Å². The zero-order chi connectivity index (χ0) is 8.97. The molecule has 0 radical (unpaired) electrons. The van der Waals surface area contributed by atoms with Crippen LogP contribution in [0.25, 0.3) is 10.4 Å². The number of azide groups is 1. The van der Waals surface area contributed by atoms with Gasteiger partial charge in [-0.1, -0.05) is 0 Å². The van der Waals surface area contributed by atoms with Crippen LogP contribution in [0.5, 0.6) is 0 Å². The van der Waals surface area contributed by atoms with E-state index in [2.05, 4.69) is 15.0 Å². The molecule has 0 atom stereocenters. The molecular weight excluding hydrogens is 154 g/mol. The Hall–Kier alpha value is -2.05. The van der Waals surface area contributed by atoms with Crippen LogP contribution in [0.3, 0.4) is 0 Å². The largest absolute Gasteiger partial charge is 0.253 e. The molecule has 0 amide bonds. The predicted molar refractivity (Wildman–Crippen MR) is 42.5 cm³/mol. The summed E-state index contributed by atoms with van der Waals surface area (Å²) in [7, 11) is 0. The Kier molecular flexibility index (Phi) is 2.26. The fourth-order valence-corrected chi connectivity index (χ4v) is 0.800. The van der Waals surface area contributed by atoms with Crippen LogP contribution in [0.1, 0.15) is 11.1 Å². The lowest BCUT2D eigenvalue weighted by atomic mass is 10.2. The summed E-state index contributed by atoms with van der Waals surface area (Å²) in [5, 5.41) is 11.9. The van der Waals surface area contributed by atoms with Gasteiger partial charge in [0.2, 0.25) is 0 Å². The lowest BCUT2D eigenvalue weighted by Gasteiger charge is -1.97. The molecule has 0 spiro atoms. The van der Waals surface area contributed by atoms with Crippen molar-refractivity contribution in [1.29, 1.82) is 5.26 Å². The Balaban J connectivity index is 3.39. The summed E-state index contributed by atoms with van der Waals surface area (Å²) in [5.74, 6) is 0.139. The maximum Gasteiger partial charge on any atom is 0.144 e. The monoisotopic (exact) mass is 159 g/mol. The Morgan fingerprint density at radius 3 is 3.08 bits per heavy atom. The van der Waals surface area contributed by atoms with E-state index in [0.29, 0.717) is 5.56 Å². The first-order chi connectivity index (χ1) is 5.79. The average molecular weight is 159 g/mol. The SMILES string of the molecule is Cc1ccnc(N=[N+]=[N-])c1C#N. The van der Waals surface area contributed by atoms with Gasteiger partial charge < -0.3 is 0 Å². The quantitative estimate of drug-likeness (QED) is 0.357. The fourth-order valence-electron chi connectivity index (χ4n) is 0.800. The Morgan fingerprint density at radius 2 is 2.50 bits per heavy atom. The molecule has 1 heterocycles. The molecule has 58 valence electrons. The summed E-state index contributed by atoms with van der Waals surface area (Å²) in [6.07, 6.45) is 1.50. The molecule has 5 nitrogen and oxygen atoms in total. The topological polar surface area (TPSA) is 85.4 Å². The lowest BCUT2D eigenvalue weighted by Crippen LogP contribution is -1.84. The number of rotatable bonds is 1. The molecular formula is C7H5N5. The molecule has 1 aromatic heterocycles. The van der Waals surface area contributed by atoms with Crippen LogP contribution in [0.2, 0.25) is 0 Å². The minimum absolute atomic E-state index is 0.139. The summed E-state index contributed by atoms with van der Waals surface area (Å²) in [4.78, 5) is 6.32. The van der Waals surface area contributed by atoms with E-state index in [1.54, 1.807) is 13.0 Å². The van der Waals surface area contributed by atoms with Crippen LogP contribution in [0.15, 0.2) is 17.4 Å². The van der Waals surface area contributed by atoms with E-state index in [1.165, 1.54) is 6.20 Å². The van der Waals surface area contributed by atoms with Gasteiger partial charge in [-0.3, -0.25) is 4.98 Å². The van der Waals surface area contributed by atoms with Crippen LogP contribution in [-0.2, 0) is 0 Å². The van der Waals surface area contributed by atoms with E-state index in [4.69, 9.17) is 10.8 Å². The zero-order valence-electron chi connectivity index (χ0n) is 6.39. The number of nitriles is 1. The van der Waals surface area contributed by atoms with Crippen molar-refractivity contribution in [2.45, 2.75) is 6.92 Å². The van der Waals surface area contributed by atoms with Crippen molar-refractivity contribution >= 4 is 5.82 Å². The molecule has 0 fully saturated rings. The van der Waals surface area contributed by atoms with Crippen LogP contribution in [0.4, 0.5) is 5.82 Å². The summed E-state index contributed by atoms with van der Waals surface area (Å²) in [6.45, 7) is 1.76. The van der Waals surface area contributed by atoms with Gasteiger partial charge in [0, 0.05) is 11.1 Å². The second-order valence-electron chi connectivity index (χ2n) is 2.13. The van der Waals surface area contributed by atoms with Crippen molar-refractivity contribution in [2.75, 3.05) is 0 Å². The average Bonchev–Trinajstić information content (AvgIpc) is 2.05. The van der Waals surface area contributed by atoms with Crippen LogP contribution >= 0.6 is 0 Å². The standard InChI is InChI=1S/C7H5N5/c1-5-2-3-10-7(11-12-9)6(5)4-8/h2-3H,1H3. The van der Waals surface area contributed by atoms with E-state index in [9.17, 15) is 0 Å². The van der Waals surface area contributed by atoms with Gasteiger partial charge in [0.05, 0.1) is 5.56 Å². The van der Waals surface area contributed by atoms with Crippen LogP contribution in [0, 0.1) is 18.3 Å². The zero-order valence-corrected chi connectivity index (χ0v) is 6.39. The van der Waals surface area contributed by atoms with Gasteiger partial charge in [0.25, 0.3) is 0 Å². The second-order valence-corrected chi connectivity index (χ2v) is 2.13. The number of hydrogen-bond donors (Lipinski definition) is 0. The number of aryl methyl sites for hydroxylation is 1. The molecule has 0 bridgehead atoms. The predicted octanol–water partition coefficient (Wildman–Crippen LogP) is 2.20. The number of aromatic nitrogens is 1. The maximum atomic E-state index is 8.65. The molecule has 5 heteroatoms. The molecule has 12 heavy (non-hydrogen) atoms. The van der Waals surface area contributed by atoms with Crippen molar-refractivity contribution in [3.63, 3.8) is 0 Å². The van der Waals surface area contributed by atoms with Crippen molar-refractivity contribution < 1.29 is 0 Å². The third kappa shape index (κ3) is 1.34. The first kappa shape index (κ1) is 8.05. The Morgan fingerprint density at radius 1 is 1.75 bits per heavy atom. The molecule has 1 aromatic rings. The highest BCUT2D eigenvalue weighted by Crippen LogP contribution is 2.17. The third-order valence-corrected chi connectivity index (χ3v) is 1.39. The van der Waals surface area contributed by atoms with Gasteiger partial charge in [-0.25, -0.2) is 0 Å². The smallest absolute Gasteiger partial charge is 0.144 e. The number of pyridine rings is 1. The number of nitrogens with zero attached hydrogens (tertiary/aromatic N) is 5. The summed E-state index contributed by atoms with van der Waals surface area (Å²) < 4.78 is 0. The first-order valence-corrected chi connectivity index (χ1v) is 3.20. The molecule has 0 aliphatic heterocycles. The highest BCUT2D eigenvalue weighted by Gasteiger charge is 2.02. The minimum atomic E-state index is 0.139. The fraction of sp³-hybridized carbons (Fsp3) is 0.143. The third-order valence-electron chi connectivity index (χ3n) is 1.39. The highest BCUT2D eigenvalue weighted by molar-refractivity contribution is 5.51. The van der Waals surface area contributed by atoms with Crippen molar-refractivity contribution in [3.8, 4) is 6.07 Å². The lowest BCUT2D eigenvalue weighted by molar-refractivity contribution is 1.21. The Labute approximate surface area is 68.9 Å². The van der Waals surface area contributed by atoms with Crippen molar-refractivity contribution in [1.82, 2.24) is 4.98 Å². The Bertz CT molecular complexity index is 383. The number of hydrogen-bond acceptors (Lipinski definition) is 3. The minimum Gasteiger partial charge on any atom is -0.253 e. The summed E-state index contributed by atoms with van der Waals surface area (Å²) in [5.41, 5.74) is 9.23. The molecule has 1 rings (SSSR count). The molecule has 0 saturated carbocycles. The van der Waals surface area contributed by atoms with E-state index >= 15 is 0 Å². The molecule has 0 aromatic carbocycles. The molecule has 0 N–H and O–H groups in total. The maximum absolute atomic E-state index is 8.65. The van der Waals surface area contributed by atoms with Crippen LogP contribution < -0.4 is 0 Å². The summed E-state index contributed by atoms with van der Waals surface area (Å²) >= 11 is 0. The molecule has 0 unspecified atom stereocenters. The second kappa shape index (κ2) is 3.37. The normalized spacial score (nSPS) is 8.33. The van der Waals surface area contributed by atoms with Gasteiger partial charge >= 0.3 is 0 Å². The van der Waals surface area contributed by atoms with E-state index < -0.39 is 0 Å². The first-order valence-electron chi connectivity index (χ1n) is 3.20. The highest BCUT2D eigenvalue weighted by atomic mass is 15.2. The molecule has 0 aliphatic carbocycles. The molecule has 0 aliphatic rings. The van der Waals surface area contributed by atoms with E-state index in [0.717, 1.165) is 5.56 Å². The van der Waals surface area contributed by atoms with Crippen molar-refractivity contribution in [3.05, 3.63) is 33.8 Å². The molecule has 0 saturated heterocycles. The van der Waals surface area contributed by atoms with Crippen LogP contribution in [-0.4, -0.2) is 4.98 Å². The van der Waals surface area contributed by atoms with Gasteiger partial charge in [-0.2, -0.15) is 5.26 Å². The van der Waals surface area contributed by atoms with E-state index in [-0.39, 0.29) is 5.82 Å². The summed E-state index contributed by atoms with van der Waals surface area (Å²) in [6, 6.07) is 3.61.